The summed E-state index contributed by atoms with van der Waals surface area (Å²) in [5, 5.41) is 11.4. The van der Waals surface area contributed by atoms with E-state index in [0.29, 0.717) is 11.6 Å². The molecule has 2 aromatic rings. The lowest BCUT2D eigenvalue weighted by Crippen LogP contribution is -2.17. The number of nitro groups is 1. The highest BCUT2D eigenvalue weighted by Crippen LogP contribution is 2.23. The van der Waals surface area contributed by atoms with E-state index in [2.05, 4.69) is 30.0 Å². The Balaban J connectivity index is 2.10. The zero-order chi connectivity index (χ0) is 15.4. The van der Waals surface area contributed by atoms with Gasteiger partial charge in [-0.25, -0.2) is 0 Å². The second-order valence-corrected chi connectivity index (χ2v) is 5.60. The number of nitro benzene ring substituents is 1. The van der Waals surface area contributed by atoms with Crippen LogP contribution in [0.3, 0.4) is 0 Å². The third-order valence-electron chi connectivity index (χ3n) is 3.22. The summed E-state index contributed by atoms with van der Waals surface area (Å²) >= 11 is 6.12. The van der Waals surface area contributed by atoms with Gasteiger partial charge in [-0.1, -0.05) is 41.4 Å². The molecule has 0 aliphatic carbocycles. The molecule has 0 heterocycles. The van der Waals surface area contributed by atoms with Gasteiger partial charge in [0.1, 0.15) is 0 Å². The van der Waals surface area contributed by atoms with Crippen LogP contribution in [0.4, 0.5) is 5.69 Å². The molecule has 110 valence electrons. The number of aryl methyl sites for hydroxylation is 1. The molecule has 0 fully saturated rings. The maximum absolute atomic E-state index is 10.8. The topological polar surface area (TPSA) is 46.4 Å². The average Bonchev–Trinajstić information content (AvgIpc) is 2.41. The summed E-state index contributed by atoms with van der Waals surface area (Å²) in [6, 6.07) is 12.8. The van der Waals surface area contributed by atoms with Gasteiger partial charge in [-0.3, -0.25) is 15.0 Å². The zero-order valence-electron chi connectivity index (χ0n) is 12.0. The Morgan fingerprint density at radius 2 is 1.95 bits per heavy atom. The van der Waals surface area contributed by atoms with Crippen LogP contribution >= 0.6 is 11.6 Å². The Bertz CT molecular complexity index is 658. The number of halogens is 1. The number of rotatable bonds is 5. The summed E-state index contributed by atoms with van der Waals surface area (Å²) in [5.74, 6) is 0. The molecule has 0 N–H and O–H groups in total. The van der Waals surface area contributed by atoms with Gasteiger partial charge in [-0.05, 0) is 31.2 Å². The summed E-state index contributed by atoms with van der Waals surface area (Å²) in [6.45, 7) is 3.38. The lowest BCUT2D eigenvalue weighted by Gasteiger charge is -2.17. The number of non-ortho nitro benzene ring substituents is 1. The first-order valence-electron chi connectivity index (χ1n) is 6.62. The van der Waals surface area contributed by atoms with Crippen LogP contribution in [0.2, 0.25) is 5.02 Å². The Kier molecular flexibility index (Phi) is 4.94. The van der Waals surface area contributed by atoms with Crippen molar-refractivity contribution in [2.75, 3.05) is 7.05 Å². The van der Waals surface area contributed by atoms with Crippen molar-refractivity contribution in [3.05, 3.63) is 74.3 Å². The van der Waals surface area contributed by atoms with Gasteiger partial charge in [0.25, 0.3) is 5.69 Å². The van der Waals surface area contributed by atoms with Crippen molar-refractivity contribution >= 4 is 17.3 Å². The fraction of sp³-hybridized carbons (Fsp3) is 0.250. The molecule has 0 atom stereocenters. The Morgan fingerprint density at radius 1 is 1.19 bits per heavy atom. The molecule has 0 radical (unpaired) electrons. The van der Waals surface area contributed by atoms with Gasteiger partial charge < -0.3 is 0 Å². The molecule has 0 aromatic heterocycles. The maximum atomic E-state index is 10.8. The molecular formula is C16H17ClN2O2. The molecule has 0 aliphatic rings. The largest absolute Gasteiger partial charge is 0.298 e. The Morgan fingerprint density at radius 3 is 2.62 bits per heavy atom. The normalized spacial score (nSPS) is 10.9. The van der Waals surface area contributed by atoms with Gasteiger partial charge >= 0.3 is 0 Å². The lowest BCUT2D eigenvalue weighted by molar-refractivity contribution is -0.384. The molecule has 0 aliphatic heterocycles. The molecule has 0 saturated carbocycles. The molecule has 5 heteroatoms. The van der Waals surface area contributed by atoms with Crippen LogP contribution in [0.1, 0.15) is 16.7 Å². The van der Waals surface area contributed by atoms with E-state index in [9.17, 15) is 10.1 Å². The number of nitrogens with zero attached hydrogens (tertiary/aromatic N) is 2. The quantitative estimate of drug-likeness (QED) is 0.614. The van der Waals surface area contributed by atoms with Gasteiger partial charge in [-0.2, -0.15) is 0 Å². The monoisotopic (exact) mass is 304 g/mol. The van der Waals surface area contributed by atoms with Crippen LogP contribution in [0, 0.1) is 17.0 Å². The van der Waals surface area contributed by atoms with Gasteiger partial charge in [0.15, 0.2) is 0 Å². The SMILES string of the molecule is Cc1cccc(CN(C)Cc2cc([N+](=O)[O-])ccc2Cl)c1. The minimum atomic E-state index is -0.402. The third kappa shape index (κ3) is 4.28. The van der Waals surface area contributed by atoms with Crippen LogP contribution in [0.5, 0.6) is 0 Å². The second-order valence-electron chi connectivity index (χ2n) is 5.19. The van der Waals surface area contributed by atoms with Crippen LogP contribution in [-0.4, -0.2) is 16.9 Å². The molecule has 2 aromatic carbocycles. The van der Waals surface area contributed by atoms with Gasteiger partial charge in [0.05, 0.1) is 4.92 Å². The van der Waals surface area contributed by atoms with Crippen molar-refractivity contribution in [1.29, 1.82) is 0 Å². The predicted molar refractivity (Wildman–Crippen MR) is 84.5 cm³/mol. The standard InChI is InChI=1S/C16H17ClN2O2/c1-12-4-3-5-13(8-12)10-18(2)11-14-9-15(19(20)21)6-7-16(14)17/h3-9H,10-11H2,1-2H3. The van der Waals surface area contributed by atoms with Crippen LogP contribution < -0.4 is 0 Å². The minimum absolute atomic E-state index is 0.0679. The molecule has 0 spiro atoms. The Hall–Kier alpha value is -1.91. The highest BCUT2D eigenvalue weighted by atomic mass is 35.5. The first-order chi connectivity index (χ1) is 9.95. The predicted octanol–water partition coefficient (Wildman–Crippen LogP) is 4.19. The molecule has 0 amide bonds. The molecule has 2 rings (SSSR count). The fourth-order valence-electron chi connectivity index (χ4n) is 2.26. The minimum Gasteiger partial charge on any atom is -0.298 e. The smallest absolute Gasteiger partial charge is 0.269 e. The van der Waals surface area contributed by atoms with Crippen LogP contribution in [-0.2, 0) is 13.1 Å². The highest BCUT2D eigenvalue weighted by Gasteiger charge is 2.11. The lowest BCUT2D eigenvalue weighted by atomic mass is 10.1. The molecule has 0 saturated heterocycles. The van der Waals surface area contributed by atoms with Crippen molar-refractivity contribution in [3.8, 4) is 0 Å². The third-order valence-corrected chi connectivity index (χ3v) is 3.58. The molecule has 21 heavy (non-hydrogen) atoms. The van der Waals surface area contributed by atoms with E-state index in [1.54, 1.807) is 6.07 Å². The Labute approximate surface area is 129 Å². The van der Waals surface area contributed by atoms with Crippen molar-refractivity contribution < 1.29 is 4.92 Å². The number of benzene rings is 2. The van der Waals surface area contributed by atoms with Gasteiger partial charge in [-0.15, -0.1) is 0 Å². The highest BCUT2D eigenvalue weighted by molar-refractivity contribution is 6.31. The van der Waals surface area contributed by atoms with E-state index in [0.717, 1.165) is 12.1 Å². The average molecular weight is 305 g/mol. The first kappa shape index (κ1) is 15.5. The summed E-state index contributed by atoms with van der Waals surface area (Å²) in [6.07, 6.45) is 0. The number of hydrogen-bond acceptors (Lipinski definition) is 3. The summed E-state index contributed by atoms with van der Waals surface area (Å²) in [5.41, 5.74) is 3.26. The van der Waals surface area contributed by atoms with E-state index in [1.165, 1.54) is 23.3 Å². The molecule has 4 nitrogen and oxygen atoms in total. The van der Waals surface area contributed by atoms with Crippen LogP contribution in [0.15, 0.2) is 42.5 Å². The van der Waals surface area contributed by atoms with E-state index in [4.69, 9.17) is 11.6 Å². The molecule has 0 bridgehead atoms. The van der Waals surface area contributed by atoms with Crippen molar-refractivity contribution in [3.63, 3.8) is 0 Å². The van der Waals surface area contributed by atoms with Gasteiger partial charge in [0, 0.05) is 30.2 Å². The van der Waals surface area contributed by atoms with Crippen LogP contribution in [0.25, 0.3) is 0 Å². The van der Waals surface area contributed by atoms with E-state index in [-0.39, 0.29) is 5.69 Å². The molecule has 0 unspecified atom stereocenters. The second kappa shape index (κ2) is 6.70. The maximum Gasteiger partial charge on any atom is 0.269 e. The van der Waals surface area contributed by atoms with Crippen molar-refractivity contribution in [2.24, 2.45) is 0 Å². The van der Waals surface area contributed by atoms with E-state index >= 15 is 0 Å². The van der Waals surface area contributed by atoms with Crippen molar-refractivity contribution in [1.82, 2.24) is 4.90 Å². The first-order valence-corrected chi connectivity index (χ1v) is 7.00. The fourth-order valence-corrected chi connectivity index (χ4v) is 2.44. The summed E-state index contributed by atoms with van der Waals surface area (Å²) in [4.78, 5) is 12.5. The number of hydrogen-bond donors (Lipinski definition) is 0. The summed E-state index contributed by atoms with van der Waals surface area (Å²) < 4.78 is 0. The van der Waals surface area contributed by atoms with E-state index in [1.807, 2.05) is 13.1 Å². The van der Waals surface area contributed by atoms with E-state index < -0.39 is 4.92 Å². The zero-order valence-corrected chi connectivity index (χ0v) is 12.8. The summed E-state index contributed by atoms with van der Waals surface area (Å²) in [7, 11) is 1.97. The molecular weight excluding hydrogens is 288 g/mol. The van der Waals surface area contributed by atoms with Crippen molar-refractivity contribution in [2.45, 2.75) is 20.0 Å². The van der Waals surface area contributed by atoms with Gasteiger partial charge in [0.2, 0.25) is 0 Å².